The predicted octanol–water partition coefficient (Wildman–Crippen LogP) is 4.08. The summed E-state index contributed by atoms with van der Waals surface area (Å²) in [6, 6.07) is 5.49. The molecule has 1 aromatic carbocycles. The number of halogens is 1. The molecule has 0 radical (unpaired) electrons. The van der Waals surface area contributed by atoms with Gasteiger partial charge in [0.05, 0.1) is 11.1 Å². The van der Waals surface area contributed by atoms with E-state index in [1.807, 2.05) is 32.0 Å². The van der Waals surface area contributed by atoms with E-state index in [2.05, 4.69) is 22.9 Å². The van der Waals surface area contributed by atoms with E-state index >= 15 is 0 Å². The molecule has 0 aliphatic heterocycles. The van der Waals surface area contributed by atoms with Gasteiger partial charge in [0, 0.05) is 11.5 Å². The van der Waals surface area contributed by atoms with E-state index in [0.29, 0.717) is 6.61 Å². The Morgan fingerprint density at radius 1 is 1.44 bits per heavy atom. The van der Waals surface area contributed by atoms with Gasteiger partial charge in [-0.25, -0.2) is 0 Å². The maximum absolute atomic E-state index is 11.8. The highest BCUT2D eigenvalue weighted by Gasteiger charge is 2.12. The molecule has 3 heteroatoms. The fraction of sp³-hybridized carbons (Fsp3) is 0.462. The maximum atomic E-state index is 11.8. The number of hydrogen-bond acceptors (Lipinski definition) is 2. The molecule has 0 saturated carbocycles. The van der Waals surface area contributed by atoms with Crippen molar-refractivity contribution in [3.05, 3.63) is 28.2 Å². The summed E-state index contributed by atoms with van der Waals surface area (Å²) in [6.45, 7) is 6.55. The van der Waals surface area contributed by atoms with Crippen molar-refractivity contribution in [2.24, 2.45) is 5.92 Å². The van der Waals surface area contributed by atoms with Crippen LogP contribution in [0.25, 0.3) is 0 Å². The number of ether oxygens (including phenoxy) is 1. The van der Waals surface area contributed by atoms with Crippen LogP contribution in [0.1, 0.15) is 37.6 Å². The van der Waals surface area contributed by atoms with E-state index in [9.17, 15) is 4.79 Å². The number of carbonyl (C=O) groups is 1. The first-order valence-corrected chi connectivity index (χ1v) is 6.32. The van der Waals surface area contributed by atoms with Gasteiger partial charge in [-0.2, -0.15) is 0 Å². The second-order valence-corrected chi connectivity index (χ2v) is 4.87. The zero-order chi connectivity index (χ0) is 12.1. The summed E-state index contributed by atoms with van der Waals surface area (Å²) in [6.07, 6.45) is 0.971. The van der Waals surface area contributed by atoms with Crippen LogP contribution in [0.5, 0.6) is 5.75 Å². The minimum Gasteiger partial charge on any atom is -0.492 e. The maximum Gasteiger partial charge on any atom is 0.165 e. The van der Waals surface area contributed by atoms with Gasteiger partial charge < -0.3 is 4.74 Å². The Balaban J connectivity index is 2.86. The van der Waals surface area contributed by atoms with Gasteiger partial charge in [-0.3, -0.25) is 4.79 Å². The van der Waals surface area contributed by atoms with Gasteiger partial charge in [-0.05, 0) is 40.5 Å². The van der Waals surface area contributed by atoms with Gasteiger partial charge in [0.2, 0.25) is 0 Å². The summed E-state index contributed by atoms with van der Waals surface area (Å²) in [7, 11) is 0. The van der Waals surface area contributed by atoms with Crippen LogP contribution in [0, 0.1) is 5.92 Å². The highest BCUT2D eigenvalue weighted by atomic mass is 79.9. The number of Topliss-reactive ketones (excluding diaryl/α,β-unsaturated/α-hetero) is 1. The highest BCUT2D eigenvalue weighted by Crippen LogP contribution is 2.27. The van der Waals surface area contributed by atoms with Crippen molar-refractivity contribution in [3.63, 3.8) is 0 Å². The largest absolute Gasteiger partial charge is 0.492 e. The van der Waals surface area contributed by atoms with E-state index in [1.165, 1.54) is 0 Å². The smallest absolute Gasteiger partial charge is 0.165 e. The molecule has 0 heterocycles. The van der Waals surface area contributed by atoms with Crippen LogP contribution in [0.4, 0.5) is 0 Å². The molecule has 2 nitrogen and oxygen atoms in total. The summed E-state index contributed by atoms with van der Waals surface area (Å²) >= 11 is 3.42. The van der Waals surface area contributed by atoms with Gasteiger partial charge in [0.1, 0.15) is 5.75 Å². The van der Waals surface area contributed by atoms with Crippen LogP contribution < -0.4 is 4.74 Å². The highest BCUT2D eigenvalue weighted by molar-refractivity contribution is 9.10. The van der Waals surface area contributed by atoms with E-state index in [4.69, 9.17) is 4.74 Å². The Morgan fingerprint density at radius 2 is 2.12 bits per heavy atom. The van der Waals surface area contributed by atoms with E-state index in [0.717, 1.165) is 22.2 Å². The molecule has 0 N–H and O–H groups in total. The lowest BCUT2D eigenvalue weighted by Crippen LogP contribution is -2.07. The molecule has 1 aromatic rings. The SMILES string of the molecule is CCCOc1ccc(C(=O)C(C)C)cc1Br. The Hall–Kier alpha value is -0.830. The standard InChI is InChI=1S/C13H17BrO2/c1-4-7-16-12-6-5-10(8-11(12)14)13(15)9(2)3/h5-6,8-9H,4,7H2,1-3H3. The summed E-state index contributed by atoms with van der Waals surface area (Å²) in [5.41, 5.74) is 0.728. The van der Waals surface area contributed by atoms with Crippen molar-refractivity contribution < 1.29 is 9.53 Å². The fourth-order valence-corrected chi connectivity index (χ4v) is 1.81. The normalized spacial score (nSPS) is 10.6. The van der Waals surface area contributed by atoms with Crippen LogP contribution in [-0.2, 0) is 0 Å². The zero-order valence-corrected chi connectivity index (χ0v) is 11.5. The quantitative estimate of drug-likeness (QED) is 0.762. The average Bonchev–Trinajstić information content (AvgIpc) is 2.26. The van der Waals surface area contributed by atoms with Crippen LogP contribution in [-0.4, -0.2) is 12.4 Å². The van der Waals surface area contributed by atoms with Gasteiger partial charge in [-0.15, -0.1) is 0 Å². The molecule has 1 rings (SSSR count). The molecular weight excluding hydrogens is 268 g/mol. The Bertz CT molecular complexity index is 372. The van der Waals surface area contributed by atoms with Crippen molar-refractivity contribution >= 4 is 21.7 Å². The molecule has 0 aliphatic rings. The predicted molar refractivity (Wildman–Crippen MR) is 69.1 cm³/mol. The second kappa shape index (κ2) is 6.04. The molecule has 0 spiro atoms. The third-order valence-electron chi connectivity index (χ3n) is 2.20. The van der Waals surface area contributed by atoms with Crippen molar-refractivity contribution in [1.29, 1.82) is 0 Å². The lowest BCUT2D eigenvalue weighted by Gasteiger charge is -2.09. The van der Waals surface area contributed by atoms with E-state index in [1.54, 1.807) is 0 Å². The number of hydrogen-bond donors (Lipinski definition) is 0. The van der Waals surface area contributed by atoms with Crippen LogP contribution in [0.3, 0.4) is 0 Å². The van der Waals surface area contributed by atoms with Crippen molar-refractivity contribution in [1.82, 2.24) is 0 Å². The van der Waals surface area contributed by atoms with Crippen molar-refractivity contribution in [2.75, 3.05) is 6.61 Å². The van der Waals surface area contributed by atoms with Crippen LogP contribution in [0.2, 0.25) is 0 Å². The minimum atomic E-state index is 0.0225. The summed E-state index contributed by atoms with van der Waals surface area (Å²) in [4.78, 5) is 11.8. The summed E-state index contributed by atoms with van der Waals surface area (Å²) in [5.74, 6) is 0.971. The molecule has 0 unspecified atom stereocenters. The van der Waals surface area contributed by atoms with E-state index < -0.39 is 0 Å². The lowest BCUT2D eigenvalue weighted by molar-refractivity contribution is 0.0939. The molecule has 0 amide bonds. The molecule has 0 bridgehead atoms. The van der Waals surface area contributed by atoms with Crippen LogP contribution >= 0.6 is 15.9 Å². The summed E-state index contributed by atoms with van der Waals surface area (Å²) in [5, 5.41) is 0. The first-order valence-electron chi connectivity index (χ1n) is 5.52. The lowest BCUT2D eigenvalue weighted by atomic mass is 10.0. The second-order valence-electron chi connectivity index (χ2n) is 4.01. The van der Waals surface area contributed by atoms with Gasteiger partial charge in [0.15, 0.2) is 5.78 Å². The van der Waals surface area contributed by atoms with E-state index in [-0.39, 0.29) is 11.7 Å². The van der Waals surface area contributed by atoms with Crippen LogP contribution in [0.15, 0.2) is 22.7 Å². The molecule has 0 fully saturated rings. The van der Waals surface area contributed by atoms with Gasteiger partial charge in [-0.1, -0.05) is 20.8 Å². The molecule has 0 atom stereocenters. The molecule has 88 valence electrons. The van der Waals surface area contributed by atoms with Gasteiger partial charge in [0.25, 0.3) is 0 Å². The molecule has 0 aromatic heterocycles. The Labute approximate surface area is 105 Å². The first kappa shape index (κ1) is 13.2. The fourth-order valence-electron chi connectivity index (χ4n) is 1.32. The topological polar surface area (TPSA) is 26.3 Å². The van der Waals surface area contributed by atoms with Crippen molar-refractivity contribution in [3.8, 4) is 5.75 Å². The number of ketones is 1. The molecule has 0 saturated heterocycles. The summed E-state index contributed by atoms with van der Waals surface area (Å²) < 4.78 is 6.36. The van der Waals surface area contributed by atoms with Crippen molar-refractivity contribution in [2.45, 2.75) is 27.2 Å². The third kappa shape index (κ3) is 3.34. The average molecular weight is 285 g/mol. The molecule has 0 aliphatic carbocycles. The molecular formula is C13H17BrO2. The monoisotopic (exact) mass is 284 g/mol. The minimum absolute atomic E-state index is 0.0225. The van der Waals surface area contributed by atoms with Gasteiger partial charge >= 0.3 is 0 Å². The number of benzene rings is 1. The molecule has 16 heavy (non-hydrogen) atoms. The first-order chi connectivity index (χ1) is 7.56. The number of rotatable bonds is 5. The zero-order valence-electron chi connectivity index (χ0n) is 9.92. The Morgan fingerprint density at radius 3 is 2.62 bits per heavy atom. The third-order valence-corrected chi connectivity index (χ3v) is 2.82. The number of carbonyl (C=O) groups excluding carboxylic acids is 1. The Kier molecular flexibility index (Phi) is 5.00.